The fourth-order valence-corrected chi connectivity index (χ4v) is 4.55. The van der Waals surface area contributed by atoms with Crippen LogP contribution in [0, 0.1) is 5.82 Å². The van der Waals surface area contributed by atoms with E-state index >= 15 is 0 Å². The molecule has 4 rings (SSSR count). The van der Waals surface area contributed by atoms with Crippen molar-refractivity contribution < 1.29 is 9.13 Å². The smallest absolute Gasteiger partial charge is 0.123 e. The highest BCUT2D eigenvalue weighted by Crippen LogP contribution is 2.38. The highest BCUT2D eigenvalue weighted by Gasteiger charge is 2.29. The van der Waals surface area contributed by atoms with E-state index in [-0.39, 0.29) is 5.82 Å². The predicted molar refractivity (Wildman–Crippen MR) is 95.0 cm³/mol. The summed E-state index contributed by atoms with van der Waals surface area (Å²) in [6, 6.07) is 13.3. The van der Waals surface area contributed by atoms with Crippen LogP contribution in [0.2, 0.25) is 0 Å². The van der Waals surface area contributed by atoms with Gasteiger partial charge in [-0.05, 0) is 49.7 Å². The monoisotopic (exact) mass is 342 g/mol. The number of halogens is 1. The van der Waals surface area contributed by atoms with Gasteiger partial charge in [-0.15, -0.1) is 11.3 Å². The van der Waals surface area contributed by atoms with E-state index in [9.17, 15) is 4.39 Å². The van der Waals surface area contributed by atoms with E-state index in [1.807, 2.05) is 12.1 Å². The first-order valence-corrected chi connectivity index (χ1v) is 8.98. The number of hydrogen-bond donors (Lipinski definition) is 0. The van der Waals surface area contributed by atoms with Gasteiger partial charge in [-0.25, -0.2) is 9.37 Å². The maximum Gasteiger partial charge on any atom is 0.123 e. The summed E-state index contributed by atoms with van der Waals surface area (Å²) in [7, 11) is 1.63. The van der Waals surface area contributed by atoms with E-state index < -0.39 is 0 Å². The molecule has 3 aromatic rings. The van der Waals surface area contributed by atoms with Crippen molar-refractivity contribution in [3.8, 4) is 5.75 Å². The minimum absolute atomic E-state index is 0.221. The molecule has 0 amide bonds. The molecule has 0 N–H and O–H groups in total. The summed E-state index contributed by atoms with van der Waals surface area (Å²) >= 11 is 1.76. The Hall–Kier alpha value is -1.98. The maximum atomic E-state index is 13.6. The molecule has 124 valence electrons. The first-order valence-electron chi connectivity index (χ1n) is 8.16. The number of rotatable bonds is 4. The topological polar surface area (TPSA) is 25.4 Å². The third kappa shape index (κ3) is 2.89. The molecule has 0 radical (unpaired) electrons. The molecule has 24 heavy (non-hydrogen) atoms. The van der Waals surface area contributed by atoms with E-state index in [1.54, 1.807) is 30.6 Å². The van der Waals surface area contributed by atoms with Crippen LogP contribution in [0.3, 0.4) is 0 Å². The number of para-hydroxylation sites is 1. The first-order chi connectivity index (χ1) is 11.7. The van der Waals surface area contributed by atoms with Gasteiger partial charge in [-0.1, -0.05) is 12.1 Å². The number of fused-ring (bicyclic) bond motifs is 1. The maximum absolute atomic E-state index is 13.6. The molecule has 0 bridgehead atoms. The molecule has 1 atom stereocenters. The lowest BCUT2D eigenvalue weighted by atomic mass is 10.1. The van der Waals surface area contributed by atoms with Crippen molar-refractivity contribution in [2.75, 3.05) is 13.7 Å². The Morgan fingerprint density at radius 3 is 3.00 bits per heavy atom. The van der Waals surface area contributed by atoms with Gasteiger partial charge in [0.05, 0.1) is 23.4 Å². The van der Waals surface area contributed by atoms with Crippen molar-refractivity contribution in [2.45, 2.75) is 25.4 Å². The Morgan fingerprint density at radius 1 is 1.29 bits per heavy atom. The van der Waals surface area contributed by atoms with Crippen molar-refractivity contribution in [3.05, 3.63) is 58.9 Å². The Bertz CT molecular complexity index is 830. The van der Waals surface area contributed by atoms with Crippen molar-refractivity contribution in [1.29, 1.82) is 0 Å². The lowest BCUT2D eigenvalue weighted by Crippen LogP contribution is -2.23. The van der Waals surface area contributed by atoms with Crippen LogP contribution in [0.25, 0.3) is 10.2 Å². The molecule has 1 saturated heterocycles. The van der Waals surface area contributed by atoms with Crippen LogP contribution in [-0.2, 0) is 6.54 Å². The highest BCUT2D eigenvalue weighted by molar-refractivity contribution is 7.18. The number of ether oxygens (including phenoxy) is 1. The molecule has 1 aliphatic heterocycles. The van der Waals surface area contributed by atoms with Crippen LogP contribution in [-0.4, -0.2) is 23.5 Å². The van der Waals surface area contributed by atoms with Gasteiger partial charge >= 0.3 is 0 Å². The van der Waals surface area contributed by atoms with Crippen LogP contribution in [0.4, 0.5) is 4.39 Å². The normalized spacial score (nSPS) is 18.3. The minimum atomic E-state index is -0.221. The van der Waals surface area contributed by atoms with Gasteiger partial charge in [-0.2, -0.15) is 0 Å². The number of aromatic nitrogens is 1. The van der Waals surface area contributed by atoms with Crippen molar-refractivity contribution in [2.24, 2.45) is 0 Å². The van der Waals surface area contributed by atoms with E-state index in [1.165, 1.54) is 10.8 Å². The molecule has 2 aromatic carbocycles. The second-order valence-corrected chi connectivity index (χ2v) is 7.17. The summed E-state index contributed by atoms with van der Waals surface area (Å²) < 4.78 is 20.3. The third-order valence-electron chi connectivity index (χ3n) is 4.58. The fourth-order valence-electron chi connectivity index (χ4n) is 3.42. The van der Waals surface area contributed by atoms with Crippen molar-refractivity contribution in [3.63, 3.8) is 0 Å². The van der Waals surface area contributed by atoms with Crippen LogP contribution in [0.1, 0.15) is 29.5 Å². The molecular formula is C19H19FN2OS. The van der Waals surface area contributed by atoms with Gasteiger partial charge in [0.15, 0.2) is 0 Å². The quantitative estimate of drug-likeness (QED) is 0.682. The highest BCUT2D eigenvalue weighted by atomic mass is 32.1. The predicted octanol–water partition coefficient (Wildman–Crippen LogP) is 4.78. The average molecular weight is 342 g/mol. The Balaban J connectivity index is 1.62. The molecule has 1 aliphatic rings. The second kappa shape index (κ2) is 6.49. The van der Waals surface area contributed by atoms with Crippen LogP contribution in [0.15, 0.2) is 42.5 Å². The Labute approximate surface area is 144 Å². The van der Waals surface area contributed by atoms with E-state index in [0.29, 0.717) is 12.6 Å². The van der Waals surface area contributed by atoms with E-state index in [2.05, 4.69) is 17.0 Å². The third-order valence-corrected chi connectivity index (χ3v) is 5.71. The Morgan fingerprint density at radius 2 is 2.17 bits per heavy atom. The molecule has 0 saturated carbocycles. The van der Waals surface area contributed by atoms with Gasteiger partial charge < -0.3 is 4.74 Å². The molecule has 1 unspecified atom stereocenters. The van der Waals surface area contributed by atoms with E-state index in [4.69, 9.17) is 9.72 Å². The molecular weight excluding hydrogens is 323 g/mol. The van der Waals surface area contributed by atoms with Crippen molar-refractivity contribution >= 4 is 21.6 Å². The van der Waals surface area contributed by atoms with Gasteiger partial charge in [0.2, 0.25) is 0 Å². The van der Waals surface area contributed by atoms with Crippen LogP contribution < -0.4 is 4.74 Å². The molecule has 5 heteroatoms. The molecule has 0 spiro atoms. The number of likely N-dealkylation sites (tertiary alicyclic amines) is 1. The molecule has 1 aromatic heterocycles. The fraction of sp³-hybridized carbons (Fsp3) is 0.316. The van der Waals surface area contributed by atoms with Gasteiger partial charge in [0.25, 0.3) is 0 Å². The number of hydrogen-bond acceptors (Lipinski definition) is 4. The first kappa shape index (κ1) is 15.5. The summed E-state index contributed by atoms with van der Waals surface area (Å²) in [6.45, 7) is 1.68. The zero-order chi connectivity index (χ0) is 16.5. The zero-order valence-corrected chi connectivity index (χ0v) is 14.4. The Kier molecular flexibility index (Phi) is 4.21. The second-order valence-electron chi connectivity index (χ2n) is 6.10. The summed E-state index contributed by atoms with van der Waals surface area (Å²) in [4.78, 5) is 7.20. The number of methoxy groups -OCH3 is 1. The zero-order valence-electron chi connectivity index (χ0n) is 13.5. The molecule has 0 aliphatic carbocycles. The van der Waals surface area contributed by atoms with E-state index in [0.717, 1.165) is 41.2 Å². The lowest BCUT2D eigenvalue weighted by molar-refractivity contribution is 0.244. The number of nitrogens with zero attached hydrogens (tertiary/aromatic N) is 2. The standard InChI is InChI=1S/C19H19FN2OS/c1-23-17-9-8-14(20)11-13(17)12-22-10-4-6-16(22)19-21-15-5-2-3-7-18(15)24-19/h2-3,5,7-9,11,16H,4,6,10,12H2,1H3. The molecule has 2 heterocycles. The summed E-state index contributed by atoms with van der Waals surface area (Å²) in [5, 5.41) is 1.16. The minimum Gasteiger partial charge on any atom is -0.496 e. The van der Waals surface area contributed by atoms with Gasteiger partial charge in [0.1, 0.15) is 16.6 Å². The molecule has 1 fully saturated rings. The SMILES string of the molecule is COc1ccc(F)cc1CN1CCCC1c1nc2ccccc2s1. The van der Waals surface area contributed by atoms with Gasteiger partial charge in [0, 0.05) is 12.1 Å². The van der Waals surface area contributed by atoms with Gasteiger partial charge in [-0.3, -0.25) is 4.90 Å². The van der Waals surface area contributed by atoms with Crippen LogP contribution in [0.5, 0.6) is 5.75 Å². The van der Waals surface area contributed by atoms with Crippen molar-refractivity contribution in [1.82, 2.24) is 9.88 Å². The number of benzene rings is 2. The summed E-state index contributed by atoms with van der Waals surface area (Å²) in [6.07, 6.45) is 2.23. The summed E-state index contributed by atoms with van der Waals surface area (Å²) in [5.41, 5.74) is 1.96. The molecule has 3 nitrogen and oxygen atoms in total. The average Bonchev–Trinajstić information content (AvgIpc) is 3.21. The van der Waals surface area contributed by atoms with Crippen LogP contribution >= 0.6 is 11.3 Å². The summed E-state index contributed by atoms with van der Waals surface area (Å²) in [5.74, 6) is 0.521. The number of thiazole rings is 1. The lowest BCUT2D eigenvalue weighted by Gasteiger charge is -2.23. The largest absolute Gasteiger partial charge is 0.496 e.